The fourth-order valence-electron chi connectivity index (χ4n) is 2.87. The van der Waals surface area contributed by atoms with Crippen LogP contribution in [0.15, 0.2) is 18.7 Å². The molecular weight excluding hydrogens is 618 g/mol. The molecule has 0 aliphatic rings. The number of halogens is 14. The Bertz CT molecular complexity index is 759. The van der Waals surface area contributed by atoms with Gasteiger partial charge in [-0.05, 0) is 19.3 Å². The molecular formula is C18H22F13IN2. The summed E-state index contributed by atoms with van der Waals surface area (Å²) >= 11 is 0. The highest BCUT2D eigenvalue weighted by atomic mass is 127. The summed E-state index contributed by atoms with van der Waals surface area (Å²) in [7, 11) is 0. The Morgan fingerprint density at radius 2 is 1.21 bits per heavy atom. The molecule has 0 bridgehead atoms. The van der Waals surface area contributed by atoms with Gasteiger partial charge in [-0.15, -0.1) is 0 Å². The van der Waals surface area contributed by atoms with Crippen molar-refractivity contribution in [1.82, 2.24) is 4.57 Å². The van der Waals surface area contributed by atoms with E-state index in [-0.39, 0.29) is 24.0 Å². The topological polar surface area (TPSA) is 8.81 Å². The number of aromatic nitrogens is 2. The summed E-state index contributed by atoms with van der Waals surface area (Å²) in [4.78, 5) is 0. The highest BCUT2D eigenvalue weighted by Crippen LogP contribution is 2.60. The summed E-state index contributed by atoms with van der Waals surface area (Å²) in [6, 6.07) is 0. The number of imidazole rings is 1. The van der Waals surface area contributed by atoms with E-state index in [1.54, 1.807) is 4.57 Å². The molecule has 0 amide bonds. The zero-order valence-corrected chi connectivity index (χ0v) is 19.7. The lowest BCUT2D eigenvalue weighted by Crippen LogP contribution is -3.00. The van der Waals surface area contributed by atoms with Crippen LogP contribution in [0.25, 0.3) is 0 Å². The molecule has 202 valence electrons. The van der Waals surface area contributed by atoms with E-state index in [0.717, 1.165) is 25.7 Å². The molecule has 0 atom stereocenters. The Morgan fingerprint density at radius 1 is 0.676 bits per heavy atom. The summed E-state index contributed by atoms with van der Waals surface area (Å²) < 4.78 is 173. The van der Waals surface area contributed by atoms with Crippen molar-refractivity contribution in [3.63, 3.8) is 0 Å². The molecule has 1 rings (SSSR count). The molecule has 0 aromatic carbocycles. The molecule has 0 saturated heterocycles. The first-order valence-corrected chi connectivity index (χ1v) is 9.77. The van der Waals surface area contributed by atoms with Crippen LogP contribution < -0.4 is 28.5 Å². The van der Waals surface area contributed by atoms with Crippen LogP contribution in [0.2, 0.25) is 0 Å². The summed E-state index contributed by atoms with van der Waals surface area (Å²) in [6.45, 7) is 2.06. The number of hydrogen-bond donors (Lipinski definition) is 0. The van der Waals surface area contributed by atoms with Gasteiger partial charge in [0.2, 0.25) is 6.33 Å². The van der Waals surface area contributed by atoms with Gasteiger partial charge in [-0.25, -0.2) is 9.13 Å². The molecule has 0 spiro atoms. The SMILES string of the molecule is CCCCCCn1cc[n+](CCCC(F)(F)C(F)(F)C(F)(F)C(F)(F)C(F)(F)C(F)(F)F)c1.[I-]. The maximum atomic E-state index is 13.8. The molecule has 34 heavy (non-hydrogen) atoms. The van der Waals surface area contributed by atoms with Gasteiger partial charge in [-0.1, -0.05) is 19.8 Å². The van der Waals surface area contributed by atoms with Gasteiger partial charge in [0.15, 0.2) is 0 Å². The van der Waals surface area contributed by atoms with Crippen molar-refractivity contribution in [2.45, 2.75) is 94.3 Å². The first-order chi connectivity index (χ1) is 14.8. The monoisotopic (exact) mass is 640 g/mol. The molecule has 2 nitrogen and oxygen atoms in total. The van der Waals surface area contributed by atoms with E-state index in [4.69, 9.17) is 0 Å². The minimum absolute atomic E-state index is 0. The van der Waals surface area contributed by atoms with Crippen LogP contribution in [0.3, 0.4) is 0 Å². The molecule has 0 aliphatic carbocycles. The Hall–Kier alpha value is -0.970. The van der Waals surface area contributed by atoms with E-state index in [1.165, 1.54) is 23.3 Å². The number of unbranched alkanes of at least 4 members (excludes halogenated alkanes) is 3. The fraction of sp³-hybridized carbons (Fsp3) is 0.833. The maximum absolute atomic E-state index is 13.8. The third-order valence-corrected chi connectivity index (χ3v) is 4.92. The second-order valence-electron chi connectivity index (χ2n) is 7.55. The standard InChI is InChI=1S/C18H22F13N2.HI/c1-2-3-4-5-8-32-10-11-33(12-32)9-6-7-13(19,20)14(21,22)15(23,24)16(25,26)17(27,28)18(29,30)31;/h10-12H,2-9H2,1H3;1H/q+1;/p-1. The predicted molar refractivity (Wildman–Crippen MR) is 88.8 cm³/mol. The molecule has 0 N–H and O–H groups in total. The second kappa shape index (κ2) is 11.4. The average Bonchev–Trinajstić information content (AvgIpc) is 3.11. The van der Waals surface area contributed by atoms with Crippen molar-refractivity contribution in [2.75, 3.05) is 0 Å². The normalized spacial score (nSPS) is 14.3. The van der Waals surface area contributed by atoms with E-state index in [1.807, 2.05) is 6.92 Å². The molecule has 0 radical (unpaired) electrons. The van der Waals surface area contributed by atoms with Gasteiger partial charge in [-0.2, -0.15) is 57.1 Å². The third kappa shape index (κ3) is 6.42. The van der Waals surface area contributed by atoms with Gasteiger partial charge in [-0.3, -0.25) is 0 Å². The quantitative estimate of drug-likeness (QED) is 0.134. The summed E-state index contributed by atoms with van der Waals surface area (Å²) in [5, 5.41) is 0. The zero-order valence-electron chi connectivity index (χ0n) is 17.6. The second-order valence-corrected chi connectivity index (χ2v) is 7.55. The highest BCUT2D eigenvalue weighted by Gasteiger charge is 2.90. The molecule has 0 saturated carbocycles. The van der Waals surface area contributed by atoms with E-state index in [9.17, 15) is 57.1 Å². The van der Waals surface area contributed by atoms with Crippen molar-refractivity contribution in [2.24, 2.45) is 0 Å². The van der Waals surface area contributed by atoms with Crippen LogP contribution in [0.5, 0.6) is 0 Å². The molecule has 16 heteroatoms. The van der Waals surface area contributed by atoms with Crippen molar-refractivity contribution < 1.29 is 85.6 Å². The molecule has 1 aromatic rings. The number of rotatable bonds is 13. The van der Waals surface area contributed by atoms with Crippen molar-refractivity contribution in [3.05, 3.63) is 18.7 Å². The van der Waals surface area contributed by atoms with E-state index >= 15 is 0 Å². The number of nitrogens with zero attached hydrogens (tertiary/aromatic N) is 2. The number of hydrogen-bond acceptors (Lipinski definition) is 0. The molecule has 0 fully saturated rings. The molecule has 0 aliphatic heterocycles. The maximum Gasteiger partial charge on any atom is 0.460 e. The molecule has 0 unspecified atom stereocenters. The van der Waals surface area contributed by atoms with E-state index in [0.29, 0.717) is 6.54 Å². The predicted octanol–water partition coefficient (Wildman–Crippen LogP) is 3.88. The van der Waals surface area contributed by atoms with Crippen LogP contribution in [0.4, 0.5) is 57.1 Å². The number of aryl methyl sites for hydroxylation is 2. The Morgan fingerprint density at radius 3 is 1.71 bits per heavy atom. The smallest absolute Gasteiger partial charge is 0.460 e. The lowest BCUT2D eigenvalue weighted by atomic mass is 9.92. The van der Waals surface area contributed by atoms with Gasteiger partial charge in [0.1, 0.15) is 12.4 Å². The lowest BCUT2D eigenvalue weighted by Gasteiger charge is -2.39. The van der Waals surface area contributed by atoms with Crippen molar-refractivity contribution in [1.29, 1.82) is 0 Å². The van der Waals surface area contributed by atoms with E-state index in [2.05, 4.69) is 0 Å². The van der Waals surface area contributed by atoms with Crippen LogP contribution in [-0.4, -0.2) is 40.4 Å². The van der Waals surface area contributed by atoms with Gasteiger partial charge in [0.05, 0.1) is 13.1 Å². The Kier molecular flexibility index (Phi) is 11.1. The molecule has 1 aromatic heterocycles. The largest absolute Gasteiger partial charge is 1.00 e. The van der Waals surface area contributed by atoms with Gasteiger partial charge >= 0.3 is 35.8 Å². The summed E-state index contributed by atoms with van der Waals surface area (Å²) in [6.07, 6.45) is -2.72. The Labute approximate surface area is 203 Å². The number of alkyl halides is 13. The fourth-order valence-corrected chi connectivity index (χ4v) is 2.87. The first-order valence-electron chi connectivity index (χ1n) is 9.77. The van der Waals surface area contributed by atoms with Crippen LogP contribution in [0.1, 0.15) is 45.4 Å². The highest BCUT2D eigenvalue weighted by molar-refractivity contribution is 5.10. The Balaban J connectivity index is 0.0000109. The first kappa shape index (κ1) is 33.0. The zero-order chi connectivity index (χ0) is 25.9. The van der Waals surface area contributed by atoms with Crippen LogP contribution in [-0.2, 0) is 13.1 Å². The van der Waals surface area contributed by atoms with Crippen molar-refractivity contribution in [3.8, 4) is 0 Å². The van der Waals surface area contributed by atoms with Gasteiger partial charge in [0, 0.05) is 6.42 Å². The summed E-state index contributed by atoms with van der Waals surface area (Å²) in [5.41, 5.74) is 0. The van der Waals surface area contributed by atoms with Gasteiger partial charge < -0.3 is 24.0 Å². The average molecular weight is 640 g/mol. The third-order valence-electron chi connectivity index (χ3n) is 4.92. The van der Waals surface area contributed by atoms with Crippen molar-refractivity contribution >= 4 is 0 Å². The minimum Gasteiger partial charge on any atom is -1.00 e. The lowest BCUT2D eigenvalue weighted by molar-refractivity contribution is -0.697. The minimum atomic E-state index is -7.85. The van der Waals surface area contributed by atoms with Crippen LogP contribution in [0, 0.1) is 0 Å². The molecule has 1 heterocycles. The summed E-state index contributed by atoms with van der Waals surface area (Å²) in [5.74, 6) is -36.5. The van der Waals surface area contributed by atoms with Crippen LogP contribution >= 0.6 is 0 Å². The van der Waals surface area contributed by atoms with Gasteiger partial charge in [0.25, 0.3) is 0 Å². The van der Waals surface area contributed by atoms with E-state index < -0.39 is 55.2 Å².